The summed E-state index contributed by atoms with van der Waals surface area (Å²) in [5, 5.41) is 9.03. The highest BCUT2D eigenvalue weighted by Crippen LogP contribution is 2.24. The first-order valence-electron chi connectivity index (χ1n) is 6.30. The van der Waals surface area contributed by atoms with Crippen LogP contribution in [-0.4, -0.2) is 43.1 Å². The van der Waals surface area contributed by atoms with Crippen LogP contribution in [0.2, 0.25) is 0 Å². The van der Waals surface area contributed by atoms with Gasteiger partial charge in [-0.3, -0.25) is 0 Å². The zero-order chi connectivity index (χ0) is 15.0. The molecule has 0 aliphatic carbocycles. The van der Waals surface area contributed by atoms with E-state index in [1.54, 1.807) is 0 Å². The maximum Gasteiger partial charge on any atom is 0.243 e. The topological polar surface area (TPSA) is 66.8 Å². The fourth-order valence-corrected chi connectivity index (χ4v) is 3.79. The van der Waals surface area contributed by atoms with Gasteiger partial charge in [-0.1, -0.05) is 0 Å². The first kappa shape index (κ1) is 15.4. The van der Waals surface area contributed by atoms with Gasteiger partial charge in [0.05, 0.1) is 23.7 Å². The van der Waals surface area contributed by atoms with Gasteiger partial charge in [-0.15, -0.1) is 0 Å². The summed E-state index contributed by atoms with van der Waals surface area (Å²) in [6.07, 6.45) is 0. The average molecular weight is 303 g/mol. The van der Waals surface area contributed by atoms with Crippen LogP contribution in [0.5, 0.6) is 0 Å². The molecule has 0 amide bonds. The minimum Gasteiger partial charge on any atom is -0.392 e. The number of aliphatic hydroxyl groups excluding tert-OH is 1. The maximum absolute atomic E-state index is 13.3. The van der Waals surface area contributed by atoms with Gasteiger partial charge >= 0.3 is 0 Å². The van der Waals surface area contributed by atoms with Gasteiger partial charge in [-0.05, 0) is 32.0 Å². The first-order chi connectivity index (χ1) is 9.26. The molecule has 7 heteroatoms. The lowest BCUT2D eigenvalue weighted by molar-refractivity contribution is -0.0640. The molecule has 1 saturated heterocycles. The Balaban J connectivity index is 2.35. The minimum absolute atomic E-state index is 0.0133. The summed E-state index contributed by atoms with van der Waals surface area (Å²) in [5.41, 5.74) is -0.580. The van der Waals surface area contributed by atoms with E-state index in [-0.39, 0.29) is 23.5 Å². The van der Waals surface area contributed by atoms with Crippen LogP contribution in [0.3, 0.4) is 0 Å². The quantitative estimate of drug-likeness (QED) is 0.908. The van der Waals surface area contributed by atoms with Gasteiger partial charge in [0.15, 0.2) is 0 Å². The fraction of sp³-hybridized carbons (Fsp3) is 0.538. The van der Waals surface area contributed by atoms with Crippen molar-refractivity contribution >= 4 is 10.0 Å². The zero-order valence-electron chi connectivity index (χ0n) is 11.5. The number of hydrogen-bond donors (Lipinski definition) is 1. The van der Waals surface area contributed by atoms with Crippen LogP contribution in [0.25, 0.3) is 0 Å². The molecule has 1 fully saturated rings. The zero-order valence-corrected chi connectivity index (χ0v) is 12.3. The summed E-state index contributed by atoms with van der Waals surface area (Å²) in [7, 11) is -3.71. The Bertz CT molecular complexity index is 600. The summed E-state index contributed by atoms with van der Waals surface area (Å²) in [6, 6.07) is 3.45. The van der Waals surface area contributed by atoms with Crippen LogP contribution >= 0.6 is 0 Å². The molecule has 112 valence electrons. The third-order valence-corrected chi connectivity index (χ3v) is 5.06. The molecule has 0 atom stereocenters. The number of benzene rings is 1. The van der Waals surface area contributed by atoms with Crippen LogP contribution in [0.1, 0.15) is 19.4 Å². The molecule has 1 aliphatic heterocycles. The number of rotatable bonds is 3. The molecule has 0 saturated carbocycles. The molecule has 0 spiro atoms. The molecule has 1 aliphatic rings. The van der Waals surface area contributed by atoms with Gasteiger partial charge in [0.25, 0.3) is 0 Å². The molecule has 1 N–H and O–H groups in total. The molecule has 0 radical (unpaired) electrons. The Hall–Kier alpha value is -1.02. The lowest BCUT2D eigenvalue weighted by atomic mass is 10.1. The van der Waals surface area contributed by atoms with E-state index in [2.05, 4.69) is 0 Å². The molecule has 20 heavy (non-hydrogen) atoms. The van der Waals surface area contributed by atoms with Crippen LogP contribution in [0.15, 0.2) is 23.1 Å². The van der Waals surface area contributed by atoms with Crippen molar-refractivity contribution in [3.63, 3.8) is 0 Å². The number of nitrogens with zero attached hydrogens (tertiary/aromatic N) is 1. The Kier molecular flexibility index (Phi) is 4.15. The van der Waals surface area contributed by atoms with E-state index < -0.39 is 28.0 Å². The minimum atomic E-state index is -3.71. The second-order valence-corrected chi connectivity index (χ2v) is 7.30. The monoisotopic (exact) mass is 303 g/mol. The second kappa shape index (κ2) is 5.40. The van der Waals surface area contributed by atoms with Gasteiger partial charge in [-0.2, -0.15) is 4.31 Å². The summed E-state index contributed by atoms with van der Waals surface area (Å²) < 4.78 is 45.2. The highest BCUT2D eigenvalue weighted by atomic mass is 32.2. The standard InChI is InChI=1S/C13H18FNO4S/c1-13(2)9-15(5-6-19-13)20(17,18)11-3-4-12(14)10(7-11)8-16/h3-4,7,16H,5-6,8-9H2,1-2H3. The van der Waals surface area contributed by atoms with E-state index in [0.29, 0.717) is 6.61 Å². The second-order valence-electron chi connectivity index (χ2n) is 5.36. The number of halogens is 1. The van der Waals surface area contributed by atoms with E-state index in [1.807, 2.05) is 13.8 Å². The fourth-order valence-electron chi connectivity index (χ4n) is 2.16. The molecule has 0 aromatic heterocycles. The van der Waals surface area contributed by atoms with Crippen LogP contribution in [0.4, 0.5) is 4.39 Å². The van der Waals surface area contributed by atoms with Crippen molar-refractivity contribution in [3.8, 4) is 0 Å². The summed E-state index contributed by atoms with van der Waals surface area (Å²) >= 11 is 0. The Labute approximate surface area is 118 Å². The van der Waals surface area contributed by atoms with Crippen molar-refractivity contribution in [1.82, 2.24) is 4.31 Å². The molecule has 0 bridgehead atoms. The lowest BCUT2D eigenvalue weighted by Gasteiger charge is -2.37. The predicted octanol–water partition coefficient (Wildman–Crippen LogP) is 1.12. The van der Waals surface area contributed by atoms with Crippen LogP contribution in [0, 0.1) is 5.82 Å². The summed E-state index contributed by atoms with van der Waals surface area (Å²) in [4.78, 5) is -0.0133. The highest BCUT2D eigenvalue weighted by Gasteiger charge is 2.35. The predicted molar refractivity (Wildman–Crippen MR) is 71.1 cm³/mol. The van der Waals surface area contributed by atoms with Crippen molar-refractivity contribution in [3.05, 3.63) is 29.6 Å². The third kappa shape index (κ3) is 3.01. The molecule has 0 unspecified atom stereocenters. The summed E-state index contributed by atoms with van der Waals surface area (Å²) in [6.45, 7) is 3.92. The van der Waals surface area contributed by atoms with E-state index >= 15 is 0 Å². The molecule has 1 aromatic rings. The number of morpholine rings is 1. The lowest BCUT2D eigenvalue weighted by Crippen LogP contribution is -2.50. The Morgan fingerprint density at radius 3 is 2.75 bits per heavy atom. The van der Waals surface area contributed by atoms with Crippen molar-refractivity contribution in [2.24, 2.45) is 0 Å². The number of ether oxygens (including phenoxy) is 1. The average Bonchev–Trinajstić information content (AvgIpc) is 2.37. The third-order valence-electron chi connectivity index (χ3n) is 3.22. The summed E-state index contributed by atoms with van der Waals surface area (Å²) in [5.74, 6) is -0.617. The number of aliphatic hydroxyl groups is 1. The molecule has 5 nitrogen and oxygen atoms in total. The van der Waals surface area contributed by atoms with Gasteiger partial charge < -0.3 is 9.84 Å². The first-order valence-corrected chi connectivity index (χ1v) is 7.74. The maximum atomic E-state index is 13.3. The van der Waals surface area contributed by atoms with E-state index in [9.17, 15) is 12.8 Å². The van der Waals surface area contributed by atoms with Gasteiger partial charge in [0.1, 0.15) is 5.82 Å². The van der Waals surface area contributed by atoms with Gasteiger partial charge in [0.2, 0.25) is 10.0 Å². The van der Waals surface area contributed by atoms with Crippen molar-refractivity contribution in [2.45, 2.75) is 31.0 Å². The SMILES string of the molecule is CC1(C)CN(S(=O)(=O)c2ccc(F)c(CO)c2)CCO1. The Morgan fingerprint density at radius 2 is 2.15 bits per heavy atom. The van der Waals surface area contributed by atoms with Crippen LogP contribution in [-0.2, 0) is 21.4 Å². The van der Waals surface area contributed by atoms with Gasteiger partial charge in [-0.25, -0.2) is 12.8 Å². The number of hydrogen-bond acceptors (Lipinski definition) is 4. The van der Waals surface area contributed by atoms with Gasteiger partial charge in [0, 0.05) is 18.7 Å². The normalized spacial score (nSPS) is 20.0. The van der Waals surface area contributed by atoms with E-state index in [0.717, 1.165) is 6.07 Å². The van der Waals surface area contributed by atoms with Crippen molar-refractivity contribution in [2.75, 3.05) is 19.7 Å². The largest absolute Gasteiger partial charge is 0.392 e. The van der Waals surface area contributed by atoms with E-state index in [4.69, 9.17) is 9.84 Å². The van der Waals surface area contributed by atoms with E-state index in [1.165, 1.54) is 16.4 Å². The van der Waals surface area contributed by atoms with Crippen LogP contribution < -0.4 is 0 Å². The van der Waals surface area contributed by atoms with Crippen molar-refractivity contribution < 1.29 is 22.7 Å². The smallest absolute Gasteiger partial charge is 0.243 e. The molecule has 1 heterocycles. The Morgan fingerprint density at radius 1 is 1.45 bits per heavy atom. The molecule has 1 aromatic carbocycles. The highest BCUT2D eigenvalue weighted by molar-refractivity contribution is 7.89. The molecular formula is C13H18FNO4S. The number of sulfonamides is 1. The van der Waals surface area contributed by atoms with Crippen molar-refractivity contribution in [1.29, 1.82) is 0 Å². The molecular weight excluding hydrogens is 285 g/mol. The molecule has 2 rings (SSSR count).